The molecule has 6 heteroatoms. The molecule has 0 bridgehead atoms. The molecule has 3 N–H and O–H groups in total. The number of carboxylic acids is 1. The highest BCUT2D eigenvalue weighted by Gasteiger charge is 2.13. The van der Waals surface area contributed by atoms with Crippen LogP contribution in [0.25, 0.3) is 0 Å². The number of carbonyl (C=O) groups is 1. The van der Waals surface area contributed by atoms with Crippen molar-refractivity contribution in [3.05, 3.63) is 16.1 Å². The second kappa shape index (κ2) is 5.93. The van der Waals surface area contributed by atoms with E-state index in [1.165, 1.54) is 0 Å². The number of nitrogens with one attached hydrogen (secondary N) is 1. The Labute approximate surface area is 98.1 Å². The minimum atomic E-state index is -0.993. The van der Waals surface area contributed by atoms with Crippen LogP contribution < -0.4 is 5.32 Å². The van der Waals surface area contributed by atoms with Crippen LogP contribution in [0.5, 0.6) is 0 Å². The lowest BCUT2D eigenvalue weighted by Gasteiger charge is -2.14. The van der Waals surface area contributed by atoms with Crippen molar-refractivity contribution in [2.24, 2.45) is 0 Å². The van der Waals surface area contributed by atoms with Gasteiger partial charge >= 0.3 is 5.97 Å². The van der Waals surface area contributed by atoms with E-state index >= 15 is 0 Å². The van der Waals surface area contributed by atoms with Gasteiger partial charge in [0.2, 0.25) is 0 Å². The first-order chi connectivity index (χ1) is 7.49. The van der Waals surface area contributed by atoms with Gasteiger partial charge in [-0.1, -0.05) is 0 Å². The van der Waals surface area contributed by atoms with Crippen molar-refractivity contribution in [2.75, 3.05) is 6.54 Å². The van der Waals surface area contributed by atoms with Crippen molar-refractivity contribution >= 4 is 17.3 Å². The van der Waals surface area contributed by atoms with E-state index in [-0.39, 0.29) is 19.0 Å². The average molecular weight is 244 g/mol. The molecule has 1 rings (SSSR count). The summed E-state index contributed by atoms with van der Waals surface area (Å²) in [5, 5.41) is 23.8. The highest BCUT2D eigenvalue weighted by molar-refractivity contribution is 7.09. The summed E-state index contributed by atoms with van der Waals surface area (Å²) in [5.41, 5.74) is 0.972. The molecule has 0 saturated heterocycles. The predicted octanol–water partition coefficient (Wildman–Crippen LogP) is 0.938. The Hall–Kier alpha value is -0.980. The van der Waals surface area contributed by atoms with Crippen LogP contribution in [0.1, 0.15) is 30.1 Å². The minimum absolute atomic E-state index is 0.0298. The molecular weight excluding hydrogens is 228 g/mol. The lowest BCUT2D eigenvalue weighted by Crippen LogP contribution is -2.30. The third-order valence-corrected chi connectivity index (χ3v) is 3.22. The fourth-order valence-corrected chi connectivity index (χ4v) is 2.07. The number of hydrogen-bond acceptors (Lipinski definition) is 5. The lowest BCUT2D eigenvalue weighted by molar-refractivity contribution is -0.139. The molecule has 16 heavy (non-hydrogen) atoms. The summed E-state index contributed by atoms with van der Waals surface area (Å²) >= 11 is 1.55. The van der Waals surface area contributed by atoms with E-state index in [4.69, 9.17) is 5.11 Å². The van der Waals surface area contributed by atoms with E-state index in [0.717, 1.165) is 10.7 Å². The summed E-state index contributed by atoms with van der Waals surface area (Å²) in [4.78, 5) is 14.6. The number of aliphatic hydroxyl groups excluding tert-OH is 1. The number of thiazole rings is 1. The van der Waals surface area contributed by atoms with Gasteiger partial charge in [0, 0.05) is 17.6 Å². The summed E-state index contributed by atoms with van der Waals surface area (Å²) in [6.07, 6.45) is -1.10. The molecule has 2 unspecified atom stereocenters. The van der Waals surface area contributed by atoms with Crippen LogP contribution in [-0.2, 0) is 4.79 Å². The molecular formula is C10H16N2O3S. The predicted molar refractivity (Wildman–Crippen MR) is 61.5 cm³/mol. The third-order valence-electron chi connectivity index (χ3n) is 2.08. The summed E-state index contributed by atoms with van der Waals surface area (Å²) < 4.78 is 0. The van der Waals surface area contributed by atoms with Crippen LogP contribution in [0.15, 0.2) is 5.38 Å². The first-order valence-corrected chi connectivity index (χ1v) is 5.92. The Morgan fingerprint density at radius 3 is 2.88 bits per heavy atom. The first-order valence-electron chi connectivity index (χ1n) is 5.04. The molecule has 5 nitrogen and oxygen atoms in total. The fraction of sp³-hybridized carbons (Fsp3) is 0.600. The molecule has 0 amide bonds. The van der Waals surface area contributed by atoms with Gasteiger partial charge in [-0.2, -0.15) is 0 Å². The maximum atomic E-state index is 10.3. The average Bonchev–Trinajstić information content (AvgIpc) is 2.60. The summed E-state index contributed by atoms with van der Waals surface area (Å²) in [5.74, 6) is -0.993. The van der Waals surface area contributed by atoms with E-state index in [0.29, 0.717) is 0 Å². The number of nitrogens with zero attached hydrogens (tertiary/aromatic N) is 1. The zero-order valence-corrected chi connectivity index (χ0v) is 10.1. The number of aliphatic carboxylic acids is 1. The van der Waals surface area contributed by atoms with E-state index in [9.17, 15) is 9.90 Å². The molecule has 1 heterocycles. The number of rotatable bonds is 6. The van der Waals surface area contributed by atoms with Gasteiger partial charge in [0.25, 0.3) is 0 Å². The van der Waals surface area contributed by atoms with Crippen molar-refractivity contribution in [1.29, 1.82) is 0 Å². The molecule has 0 aliphatic rings. The quantitative estimate of drug-likeness (QED) is 0.693. The van der Waals surface area contributed by atoms with Crippen LogP contribution in [0.2, 0.25) is 0 Å². The normalized spacial score (nSPS) is 14.7. The van der Waals surface area contributed by atoms with Crippen molar-refractivity contribution in [2.45, 2.75) is 32.4 Å². The van der Waals surface area contributed by atoms with Crippen LogP contribution >= 0.6 is 11.3 Å². The van der Waals surface area contributed by atoms with Crippen LogP contribution in [-0.4, -0.2) is 33.8 Å². The smallest absolute Gasteiger partial charge is 0.306 e. The Bertz CT molecular complexity index is 354. The molecule has 1 aromatic heterocycles. The standard InChI is InChI=1S/C10H16N2O3S/c1-6-5-16-10(12-6)7(2)11-4-8(13)3-9(14)15/h5,7-8,11,13H,3-4H2,1-2H3,(H,14,15). The highest BCUT2D eigenvalue weighted by atomic mass is 32.1. The first kappa shape index (κ1) is 13.1. The topological polar surface area (TPSA) is 82.5 Å². The second-order valence-electron chi connectivity index (χ2n) is 3.71. The zero-order chi connectivity index (χ0) is 12.1. The Morgan fingerprint density at radius 1 is 1.69 bits per heavy atom. The van der Waals surface area contributed by atoms with Crippen molar-refractivity contribution in [3.63, 3.8) is 0 Å². The van der Waals surface area contributed by atoms with E-state index in [1.54, 1.807) is 11.3 Å². The molecule has 0 aromatic carbocycles. The monoisotopic (exact) mass is 244 g/mol. The number of aryl methyl sites for hydroxylation is 1. The highest BCUT2D eigenvalue weighted by Crippen LogP contribution is 2.17. The number of aliphatic hydroxyl groups is 1. The van der Waals surface area contributed by atoms with E-state index in [1.807, 2.05) is 19.2 Å². The number of aromatic nitrogens is 1. The van der Waals surface area contributed by atoms with E-state index in [2.05, 4.69) is 10.3 Å². The molecule has 0 aliphatic heterocycles. The van der Waals surface area contributed by atoms with Crippen LogP contribution in [0.4, 0.5) is 0 Å². The van der Waals surface area contributed by atoms with E-state index < -0.39 is 12.1 Å². The zero-order valence-electron chi connectivity index (χ0n) is 9.30. The maximum absolute atomic E-state index is 10.3. The van der Waals surface area contributed by atoms with Gasteiger partial charge < -0.3 is 15.5 Å². The van der Waals surface area contributed by atoms with Gasteiger partial charge in [-0.15, -0.1) is 11.3 Å². The van der Waals surface area contributed by atoms with Gasteiger partial charge in [0.1, 0.15) is 5.01 Å². The Kier molecular flexibility index (Phi) is 4.85. The van der Waals surface area contributed by atoms with Gasteiger partial charge in [-0.3, -0.25) is 4.79 Å². The molecule has 2 atom stereocenters. The molecule has 90 valence electrons. The largest absolute Gasteiger partial charge is 0.481 e. The van der Waals surface area contributed by atoms with Crippen LogP contribution in [0, 0.1) is 6.92 Å². The van der Waals surface area contributed by atoms with Gasteiger partial charge in [-0.25, -0.2) is 4.98 Å². The number of carboxylic acid groups (broad SMARTS) is 1. The lowest BCUT2D eigenvalue weighted by atomic mass is 10.2. The molecule has 0 aliphatic carbocycles. The summed E-state index contributed by atoms with van der Waals surface area (Å²) in [6, 6.07) is 0.0298. The minimum Gasteiger partial charge on any atom is -0.481 e. The molecule has 0 saturated carbocycles. The van der Waals surface area contributed by atoms with Crippen LogP contribution in [0.3, 0.4) is 0 Å². The van der Waals surface area contributed by atoms with Gasteiger partial charge in [-0.05, 0) is 13.8 Å². The summed E-state index contributed by atoms with van der Waals surface area (Å²) in [7, 11) is 0. The molecule has 0 radical (unpaired) electrons. The Balaban J connectivity index is 2.35. The third kappa shape index (κ3) is 4.26. The van der Waals surface area contributed by atoms with Gasteiger partial charge in [0.15, 0.2) is 0 Å². The fourth-order valence-electron chi connectivity index (χ4n) is 1.24. The van der Waals surface area contributed by atoms with Gasteiger partial charge in [0.05, 0.1) is 18.6 Å². The second-order valence-corrected chi connectivity index (χ2v) is 4.60. The summed E-state index contributed by atoms with van der Waals surface area (Å²) in [6.45, 7) is 4.11. The number of hydrogen-bond donors (Lipinski definition) is 3. The molecule has 0 fully saturated rings. The van der Waals surface area contributed by atoms with Crippen molar-refractivity contribution in [3.8, 4) is 0 Å². The maximum Gasteiger partial charge on any atom is 0.306 e. The molecule has 1 aromatic rings. The molecule has 0 spiro atoms. The van der Waals surface area contributed by atoms with Crippen molar-refractivity contribution < 1.29 is 15.0 Å². The Morgan fingerprint density at radius 2 is 2.38 bits per heavy atom. The van der Waals surface area contributed by atoms with Crippen molar-refractivity contribution in [1.82, 2.24) is 10.3 Å². The SMILES string of the molecule is Cc1csc(C(C)NCC(O)CC(=O)O)n1.